The number of alkyl halides is 1. The Kier molecular flexibility index (Phi) is 3.70. The smallest absolute Gasteiger partial charge is 0.119 e. The third kappa shape index (κ3) is 2.62. The highest BCUT2D eigenvalue weighted by Crippen LogP contribution is 2.27. The first kappa shape index (κ1) is 12.0. The van der Waals surface area contributed by atoms with Crippen molar-refractivity contribution in [2.24, 2.45) is 0 Å². The van der Waals surface area contributed by atoms with Crippen LogP contribution in [0.25, 0.3) is 11.1 Å². The lowest BCUT2D eigenvalue weighted by atomic mass is 9.98. The maximum atomic E-state index is 5.87. The first-order valence-electron chi connectivity index (χ1n) is 5.54. The Morgan fingerprint density at radius 2 is 1.94 bits per heavy atom. The van der Waals surface area contributed by atoms with E-state index in [9.17, 15) is 0 Å². The van der Waals surface area contributed by atoms with Crippen molar-refractivity contribution in [3.8, 4) is 16.9 Å². The van der Waals surface area contributed by atoms with Crippen LogP contribution in [0.15, 0.2) is 42.5 Å². The SMILES string of the molecule is COc1cccc(-c2cc(CCl)ccc2C)c1. The minimum absolute atomic E-state index is 0.539. The van der Waals surface area contributed by atoms with Gasteiger partial charge in [0.1, 0.15) is 5.75 Å². The average molecular weight is 247 g/mol. The highest BCUT2D eigenvalue weighted by atomic mass is 35.5. The van der Waals surface area contributed by atoms with Crippen molar-refractivity contribution in [1.29, 1.82) is 0 Å². The van der Waals surface area contributed by atoms with Crippen LogP contribution in [-0.2, 0) is 5.88 Å². The van der Waals surface area contributed by atoms with Crippen molar-refractivity contribution in [1.82, 2.24) is 0 Å². The number of rotatable bonds is 3. The van der Waals surface area contributed by atoms with E-state index in [1.165, 1.54) is 11.1 Å². The Bertz CT molecular complexity index is 520. The topological polar surface area (TPSA) is 9.23 Å². The van der Waals surface area contributed by atoms with E-state index < -0.39 is 0 Å². The molecule has 2 rings (SSSR count). The molecule has 0 aliphatic heterocycles. The van der Waals surface area contributed by atoms with Crippen molar-refractivity contribution < 1.29 is 4.74 Å². The van der Waals surface area contributed by atoms with Crippen LogP contribution in [0.4, 0.5) is 0 Å². The summed E-state index contributed by atoms with van der Waals surface area (Å²) in [7, 11) is 1.68. The second-order valence-electron chi connectivity index (χ2n) is 4.01. The monoisotopic (exact) mass is 246 g/mol. The molecule has 0 atom stereocenters. The van der Waals surface area contributed by atoms with Gasteiger partial charge in [-0.3, -0.25) is 0 Å². The van der Waals surface area contributed by atoms with Crippen LogP contribution in [0.5, 0.6) is 5.75 Å². The summed E-state index contributed by atoms with van der Waals surface area (Å²) in [4.78, 5) is 0. The van der Waals surface area contributed by atoms with Gasteiger partial charge in [0, 0.05) is 5.88 Å². The number of methoxy groups -OCH3 is 1. The van der Waals surface area contributed by atoms with Crippen LogP contribution in [0, 0.1) is 6.92 Å². The molecule has 0 saturated heterocycles. The van der Waals surface area contributed by atoms with E-state index >= 15 is 0 Å². The summed E-state index contributed by atoms with van der Waals surface area (Å²) in [5, 5.41) is 0. The van der Waals surface area contributed by atoms with Gasteiger partial charge in [0.25, 0.3) is 0 Å². The third-order valence-corrected chi connectivity index (χ3v) is 3.15. The molecule has 0 N–H and O–H groups in total. The lowest BCUT2D eigenvalue weighted by molar-refractivity contribution is 0.415. The second-order valence-corrected chi connectivity index (χ2v) is 4.28. The maximum Gasteiger partial charge on any atom is 0.119 e. The van der Waals surface area contributed by atoms with Gasteiger partial charge in [0.05, 0.1) is 7.11 Å². The Morgan fingerprint density at radius 1 is 1.12 bits per heavy atom. The number of aryl methyl sites for hydroxylation is 1. The maximum absolute atomic E-state index is 5.87. The molecule has 2 aromatic carbocycles. The van der Waals surface area contributed by atoms with E-state index in [1.807, 2.05) is 18.2 Å². The van der Waals surface area contributed by atoms with Gasteiger partial charge in [-0.1, -0.05) is 24.3 Å². The molecule has 88 valence electrons. The molecule has 0 heterocycles. The number of ether oxygens (including phenoxy) is 1. The van der Waals surface area contributed by atoms with Gasteiger partial charge in [-0.15, -0.1) is 11.6 Å². The highest BCUT2D eigenvalue weighted by Gasteiger charge is 2.04. The zero-order chi connectivity index (χ0) is 12.3. The number of benzene rings is 2. The van der Waals surface area contributed by atoms with Crippen molar-refractivity contribution >= 4 is 11.6 Å². The predicted molar refractivity (Wildman–Crippen MR) is 72.7 cm³/mol. The molecular formula is C15H15ClO. The summed E-state index contributed by atoms with van der Waals surface area (Å²) in [6.45, 7) is 2.10. The Hall–Kier alpha value is -1.47. The van der Waals surface area contributed by atoms with E-state index in [1.54, 1.807) is 7.11 Å². The zero-order valence-electron chi connectivity index (χ0n) is 10.0. The Morgan fingerprint density at radius 3 is 2.65 bits per heavy atom. The lowest BCUT2D eigenvalue weighted by Gasteiger charge is -2.09. The molecule has 2 heteroatoms. The minimum atomic E-state index is 0.539. The van der Waals surface area contributed by atoms with Crippen LogP contribution in [0.1, 0.15) is 11.1 Å². The average Bonchev–Trinajstić information content (AvgIpc) is 2.39. The van der Waals surface area contributed by atoms with Gasteiger partial charge in [-0.05, 0) is 47.4 Å². The molecule has 0 aliphatic rings. The first-order valence-corrected chi connectivity index (χ1v) is 6.08. The number of halogens is 1. The van der Waals surface area contributed by atoms with Crippen LogP contribution < -0.4 is 4.74 Å². The van der Waals surface area contributed by atoms with Gasteiger partial charge >= 0.3 is 0 Å². The van der Waals surface area contributed by atoms with Crippen molar-refractivity contribution in [2.75, 3.05) is 7.11 Å². The standard InChI is InChI=1S/C15H15ClO/c1-11-6-7-12(10-16)8-15(11)13-4-3-5-14(9-13)17-2/h3-9H,10H2,1-2H3. The molecule has 2 aromatic rings. The molecular weight excluding hydrogens is 232 g/mol. The Balaban J connectivity index is 2.50. The Labute approximate surface area is 107 Å². The normalized spacial score (nSPS) is 10.3. The summed E-state index contributed by atoms with van der Waals surface area (Å²) in [6.07, 6.45) is 0. The third-order valence-electron chi connectivity index (χ3n) is 2.84. The van der Waals surface area contributed by atoms with Crippen LogP contribution in [-0.4, -0.2) is 7.11 Å². The van der Waals surface area contributed by atoms with Crippen molar-refractivity contribution in [3.05, 3.63) is 53.6 Å². The van der Waals surface area contributed by atoms with E-state index in [0.29, 0.717) is 5.88 Å². The van der Waals surface area contributed by atoms with E-state index in [2.05, 4.69) is 31.2 Å². The van der Waals surface area contributed by atoms with E-state index in [4.69, 9.17) is 16.3 Å². The van der Waals surface area contributed by atoms with E-state index in [0.717, 1.165) is 16.9 Å². The molecule has 1 nitrogen and oxygen atoms in total. The second kappa shape index (κ2) is 5.24. The molecule has 0 bridgehead atoms. The fourth-order valence-electron chi connectivity index (χ4n) is 1.85. The molecule has 0 spiro atoms. The molecule has 0 saturated carbocycles. The minimum Gasteiger partial charge on any atom is -0.497 e. The van der Waals surface area contributed by atoms with Gasteiger partial charge in [-0.25, -0.2) is 0 Å². The van der Waals surface area contributed by atoms with Gasteiger partial charge in [0.15, 0.2) is 0 Å². The molecule has 17 heavy (non-hydrogen) atoms. The highest BCUT2D eigenvalue weighted by molar-refractivity contribution is 6.17. The van der Waals surface area contributed by atoms with Crippen LogP contribution >= 0.6 is 11.6 Å². The summed E-state index contributed by atoms with van der Waals surface area (Å²) in [6, 6.07) is 14.4. The largest absolute Gasteiger partial charge is 0.497 e. The van der Waals surface area contributed by atoms with Crippen LogP contribution in [0.3, 0.4) is 0 Å². The molecule has 0 fully saturated rings. The molecule has 0 unspecified atom stereocenters. The quantitative estimate of drug-likeness (QED) is 0.729. The molecule has 0 aliphatic carbocycles. The van der Waals surface area contributed by atoms with Gasteiger partial charge in [-0.2, -0.15) is 0 Å². The molecule has 0 radical (unpaired) electrons. The van der Waals surface area contributed by atoms with Crippen LogP contribution in [0.2, 0.25) is 0 Å². The summed E-state index contributed by atoms with van der Waals surface area (Å²) in [5.41, 5.74) is 4.75. The predicted octanol–water partition coefficient (Wildman–Crippen LogP) is 4.41. The molecule has 0 aromatic heterocycles. The fourth-order valence-corrected chi connectivity index (χ4v) is 2.02. The number of hydrogen-bond acceptors (Lipinski definition) is 1. The molecule has 0 amide bonds. The summed E-state index contributed by atoms with van der Waals surface area (Å²) >= 11 is 5.87. The van der Waals surface area contributed by atoms with Gasteiger partial charge in [0.2, 0.25) is 0 Å². The first-order chi connectivity index (χ1) is 8.24. The van der Waals surface area contributed by atoms with E-state index in [-0.39, 0.29) is 0 Å². The lowest BCUT2D eigenvalue weighted by Crippen LogP contribution is -1.88. The summed E-state index contributed by atoms with van der Waals surface area (Å²) < 4.78 is 5.25. The van der Waals surface area contributed by atoms with Crippen molar-refractivity contribution in [2.45, 2.75) is 12.8 Å². The number of hydrogen-bond donors (Lipinski definition) is 0. The summed E-state index contributed by atoms with van der Waals surface area (Å²) in [5.74, 6) is 1.41. The fraction of sp³-hybridized carbons (Fsp3) is 0.200. The van der Waals surface area contributed by atoms with Gasteiger partial charge < -0.3 is 4.74 Å². The zero-order valence-corrected chi connectivity index (χ0v) is 10.8. The van der Waals surface area contributed by atoms with Crippen molar-refractivity contribution in [3.63, 3.8) is 0 Å².